The van der Waals surface area contributed by atoms with Crippen molar-refractivity contribution in [2.75, 3.05) is 0 Å². The van der Waals surface area contributed by atoms with Crippen molar-refractivity contribution in [2.45, 2.75) is 13.8 Å². The van der Waals surface area contributed by atoms with Gasteiger partial charge in [0.15, 0.2) is 0 Å². The molecule has 0 spiro atoms. The summed E-state index contributed by atoms with van der Waals surface area (Å²) in [6, 6.07) is 12.7. The second-order valence-electron chi connectivity index (χ2n) is 3.65. The van der Waals surface area contributed by atoms with Gasteiger partial charge in [-0.25, -0.2) is 0 Å². The summed E-state index contributed by atoms with van der Waals surface area (Å²) in [4.78, 5) is 2.69. The van der Waals surface area contributed by atoms with Gasteiger partial charge in [0.25, 0.3) is 0 Å². The lowest BCUT2D eigenvalue weighted by Gasteiger charge is -1.97. The summed E-state index contributed by atoms with van der Waals surface area (Å²) in [7, 11) is 0. The molecule has 0 nitrogen and oxygen atoms in total. The monoisotopic (exact) mass is 246 g/mol. The van der Waals surface area contributed by atoms with Crippen molar-refractivity contribution in [1.82, 2.24) is 0 Å². The molecule has 0 aliphatic rings. The van der Waals surface area contributed by atoms with E-state index in [9.17, 15) is 0 Å². The van der Waals surface area contributed by atoms with E-state index in [1.54, 1.807) is 11.3 Å². The normalized spacial score (nSPS) is 9.88. The molecule has 0 aliphatic carbocycles. The van der Waals surface area contributed by atoms with Gasteiger partial charge < -0.3 is 0 Å². The van der Waals surface area contributed by atoms with Crippen LogP contribution in [0, 0.1) is 13.8 Å². The van der Waals surface area contributed by atoms with Gasteiger partial charge in [-0.1, -0.05) is 30.3 Å². The Morgan fingerprint density at radius 2 is 1.75 bits per heavy atom. The zero-order chi connectivity index (χ0) is 11.4. The largest absolute Gasteiger partial charge is 0.149 e. The van der Waals surface area contributed by atoms with Crippen molar-refractivity contribution < 1.29 is 0 Å². The van der Waals surface area contributed by atoms with Crippen molar-refractivity contribution in [2.24, 2.45) is 0 Å². The number of hydrogen-bond donors (Lipinski definition) is 0. The molecule has 2 aromatic rings. The third kappa shape index (κ3) is 2.71. The van der Waals surface area contributed by atoms with Crippen LogP contribution in [0.4, 0.5) is 0 Å². The predicted molar refractivity (Wildman–Crippen MR) is 74.7 cm³/mol. The van der Waals surface area contributed by atoms with Crippen molar-refractivity contribution in [3.8, 4) is 10.4 Å². The van der Waals surface area contributed by atoms with Gasteiger partial charge in [-0.3, -0.25) is 0 Å². The molecule has 0 fully saturated rings. The molecular formula is C14H14S2. The van der Waals surface area contributed by atoms with Gasteiger partial charge in [-0.2, -0.15) is 0 Å². The Balaban J connectivity index is 2.61. The molecule has 0 saturated heterocycles. The minimum absolute atomic E-state index is 1.33. The molecule has 82 valence electrons. The van der Waals surface area contributed by atoms with Gasteiger partial charge in [0.2, 0.25) is 0 Å². The zero-order valence-electron chi connectivity index (χ0n) is 9.44. The van der Waals surface area contributed by atoms with Gasteiger partial charge in [0.05, 0.1) is 0 Å². The fourth-order valence-corrected chi connectivity index (χ4v) is 3.20. The molecule has 2 heteroatoms. The lowest BCUT2D eigenvalue weighted by atomic mass is 10.2. The summed E-state index contributed by atoms with van der Waals surface area (Å²) in [6.45, 7) is 4.32. The highest BCUT2D eigenvalue weighted by Crippen LogP contribution is 2.29. The van der Waals surface area contributed by atoms with E-state index in [4.69, 9.17) is 0 Å². The first-order valence-corrected chi connectivity index (χ1v) is 6.96. The summed E-state index contributed by atoms with van der Waals surface area (Å²) >= 11 is 3.59. The van der Waals surface area contributed by atoms with Crippen molar-refractivity contribution in [3.05, 3.63) is 57.6 Å². The Labute approximate surface area is 105 Å². The predicted octanol–water partition coefficient (Wildman–Crippen LogP) is 5.22. The Morgan fingerprint density at radius 1 is 0.938 bits per heavy atom. The van der Waals surface area contributed by atoms with E-state index < -0.39 is 0 Å². The first-order valence-electron chi connectivity index (χ1n) is 5.20. The van der Waals surface area contributed by atoms with E-state index in [2.05, 4.69) is 61.0 Å². The number of thiophene rings is 1. The van der Waals surface area contributed by atoms with Crippen LogP contribution >= 0.6 is 22.7 Å². The quantitative estimate of drug-likeness (QED) is 0.647. The van der Waals surface area contributed by atoms with Crippen LogP contribution in [-0.2, 0) is 0 Å². The third-order valence-electron chi connectivity index (χ3n) is 2.29. The molecule has 0 aliphatic heterocycles. The highest BCUT2D eigenvalue weighted by molar-refractivity contribution is 7.14. The van der Waals surface area contributed by atoms with E-state index >= 15 is 0 Å². The van der Waals surface area contributed by atoms with Crippen LogP contribution in [0.1, 0.15) is 10.4 Å². The standard InChI is InChI=1S/C14H14S2/c1-11-9-14(16-10-11)13-7-5-3-4-6-8-15-12(13)2/h3-10H,1-2H3. The van der Waals surface area contributed by atoms with Gasteiger partial charge in [0, 0.05) is 15.3 Å². The molecule has 0 aromatic carbocycles. The van der Waals surface area contributed by atoms with Crippen LogP contribution in [0.5, 0.6) is 0 Å². The Kier molecular flexibility index (Phi) is 3.75. The van der Waals surface area contributed by atoms with Gasteiger partial charge in [0.1, 0.15) is 0 Å². The minimum atomic E-state index is 1.33. The second kappa shape index (κ2) is 5.28. The number of hydrogen-bond acceptors (Lipinski definition) is 2. The molecule has 0 atom stereocenters. The fraction of sp³-hybridized carbons (Fsp3) is 0.143. The summed E-state index contributed by atoms with van der Waals surface area (Å²) in [5.74, 6) is 0. The smallest absolute Gasteiger partial charge is 0.0356 e. The molecule has 0 bridgehead atoms. The topological polar surface area (TPSA) is 0 Å². The minimum Gasteiger partial charge on any atom is -0.149 e. The molecule has 0 N–H and O–H groups in total. The average molecular weight is 246 g/mol. The number of rotatable bonds is 1. The molecule has 16 heavy (non-hydrogen) atoms. The molecule has 0 amide bonds. The van der Waals surface area contributed by atoms with Crippen LogP contribution in [-0.4, -0.2) is 0 Å². The van der Waals surface area contributed by atoms with E-state index in [0.717, 1.165) is 0 Å². The van der Waals surface area contributed by atoms with Crippen molar-refractivity contribution in [3.63, 3.8) is 0 Å². The van der Waals surface area contributed by atoms with E-state index in [1.165, 1.54) is 20.9 Å². The Morgan fingerprint density at radius 3 is 2.50 bits per heavy atom. The van der Waals surface area contributed by atoms with Crippen LogP contribution < -0.4 is 0 Å². The molecule has 0 unspecified atom stereocenters. The molecular weight excluding hydrogens is 232 g/mol. The Bertz CT molecular complexity index is 519. The first-order chi connectivity index (χ1) is 7.77. The van der Waals surface area contributed by atoms with E-state index in [0.29, 0.717) is 0 Å². The molecule has 2 rings (SSSR count). The Hall–Kier alpha value is -1.12. The highest BCUT2D eigenvalue weighted by Gasteiger charge is 2.01. The molecule has 0 radical (unpaired) electrons. The maximum absolute atomic E-state index is 2.25. The van der Waals surface area contributed by atoms with Crippen LogP contribution in [0.25, 0.3) is 10.4 Å². The molecule has 2 heterocycles. The second-order valence-corrected chi connectivity index (χ2v) is 5.68. The third-order valence-corrected chi connectivity index (χ3v) is 4.24. The number of aryl methyl sites for hydroxylation is 2. The van der Waals surface area contributed by atoms with Crippen molar-refractivity contribution in [1.29, 1.82) is 0 Å². The van der Waals surface area contributed by atoms with Crippen LogP contribution in [0.2, 0.25) is 0 Å². The summed E-state index contributed by atoms with van der Waals surface area (Å²) in [5.41, 5.74) is 2.67. The zero-order valence-corrected chi connectivity index (χ0v) is 11.1. The van der Waals surface area contributed by atoms with E-state index in [1.807, 2.05) is 11.3 Å². The van der Waals surface area contributed by atoms with Gasteiger partial charge >= 0.3 is 0 Å². The van der Waals surface area contributed by atoms with Crippen LogP contribution in [0.15, 0.2) is 47.2 Å². The maximum atomic E-state index is 2.25. The van der Waals surface area contributed by atoms with Gasteiger partial charge in [-0.05, 0) is 36.2 Å². The van der Waals surface area contributed by atoms with Crippen molar-refractivity contribution >= 4 is 22.7 Å². The summed E-state index contributed by atoms with van der Waals surface area (Å²) in [6.07, 6.45) is 0. The summed E-state index contributed by atoms with van der Waals surface area (Å²) < 4.78 is 0. The van der Waals surface area contributed by atoms with E-state index in [-0.39, 0.29) is 0 Å². The van der Waals surface area contributed by atoms with Gasteiger partial charge in [-0.15, -0.1) is 22.7 Å². The lowest BCUT2D eigenvalue weighted by Crippen LogP contribution is -1.72. The molecule has 0 saturated carbocycles. The average Bonchev–Trinajstić information content (AvgIpc) is 2.70. The molecule has 2 aromatic heterocycles. The van der Waals surface area contributed by atoms with Crippen LogP contribution in [0.3, 0.4) is 0 Å². The summed E-state index contributed by atoms with van der Waals surface area (Å²) in [5, 5.41) is 4.33. The highest BCUT2D eigenvalue weighted by atomic mass is 32.1. The SMILES string of the molecule is Cc1csc(-c2ccccccsc2C)c1. The lowest BCUT2D eigenvalue weighted by molar-refractivity contribution is 1.54. The fourth-order valence-electron chi connectivity index (χ4n) is 1.48. The first kappa shape index (κ1) is 11.4. The maximum Gasteiger partial charge on any atom is 0.0356 e.